The predicted octanol–water partition coefficient (Wildman–Crippen LogP) is 3.94. The zero-order chi connectivity index (χ0) is 23.2. The van der Waals surface area contributed by atoms with E-state index < -0.39 is 12.0 Å². The number of rotatable bonds is 10. The molecule has 9 nitrogen and oxygen atoms in total. The Morgan fingerprint density at radius 1 is 1.18 bits per heavy atom. The zero-order valence-electron chi connectivity index (χ0n) is 18.4. The van der Waals surface area contributed by atoms with Gasteiger partial charge in [-0.2, -0.15) is 0 Å². The molecule has 1 aliphatic heterocycles. The molecule has 0 saturated carbocycles. The first-order valence-electron chi connectivity index (χ1n) is 10.7. The van der Waals surface area contributed by atoms with E-state index in [0.717, 1.165) is 16.2 Å². The molecule has 4 rings (SSSR count). The lowest BCUT2D eigenvalue weighted by Gasteiger charge is -2.31. The van der Waals surface area contributed by atoms with Gasteiger partial charge in [0.25, 0.3) is 5.89 Å². The van der Waals surface area contributed by atoms with E-state index in [1.807, 2.05) is 35.0 Å². The van der Waals surface area contributed by atoms with Crippen LogP contribution in [0.2, 0.25) is 0 Å². The second kappa shape index (κ2) is 10.7. The van der Waals surface area contributed by atoms with Crippen molar-refractivity contribution in [2.24, 2.45) is 0 Å². The van der Waals surface area contributed by atoms with E-state index in [0.29, 0.717) is 42.7 Å². The van der Waals surface area contributed by atoms with Crippen LogP contribution in [0.25, 0.3) is 10.8 Å². The maximum absolute atomic E-state index is 12.9. The van der Waals surface area contributed by atoms with Gasteiger partial charge in [0.2, 0.25) is 5.89 Å². The molecule has 11 heteroatoms. The van der Waals surface area contributed by atoms with Crippen molar-refractivity contribution in [3.8, 4) is 10.8 Å². The molecule has 3 aromatic heterocycles. The van der Waals surface area contributed by atoms with E-state index in [2.05, 4.69) is 32.7 Å². The van der Waals surface area contributed by atoms with Crippen LogP contribution >= 0.6 is 22.7 Å². The van der Waals surface area contributed by atoms with Gasteiger partial charge in [0.15, 0.2) is 0 Å². The summed E-state index contributed by atoms with van der Waals surface area (Å²) in [5.74, 6) is 0.503. The molecule has 1 aliphatic rings. The van der Waals surface area contributed by atoms with Gasteiger partial charge in [-0.25, -0.2) is 9.59 Å². The van der Waals surface area contributed by atoms with Crippen molar-refractivity contribution in [1.82, 2.24) is 25.7 Å². The van der Waals surface area contributed by atoms with E-state index in [-0.39, 0.29) is 12.6 Å². The first kappa shape index (κ1) is 23.1. The van der Waals surface area contributed by atoms with Gasteiger partial charge >= 0.3 is 12.0 Å². The number of esters is 1. The molecular weight excluding hydrogens is 462 g/mol. The Morgan fingerprint density at radius 2 is 2.00 bits per heavy atom. The largest absolute Gasteiger partial charge is 0.463 e. The van der Waals surface area contributed by atoms with E-state index >= 15 is 0 Å². The number of nitrogens with one attached hydrogen (secondary N) is 2. The summed E-state index contributed by atoms with van der Waals surface area (Å²) in [6.45, 7) is 5.49. The summed E-state index contributed by atoms with van der Waals surface area (Å²) in [7, 11) is 0. The number of ether oxygens (including phenoxy) is 1. The van der Waals surface area contributed by atoms with Gasteiger partial charge in [-0.3, -0.25) is 4.90 Å². The molecule has 0 radical (unpaired) electrons. The summed E-state index contributed by atoms with van der Waals surface area (Å²) in [5.41, 5.74) is 0.923. The lowest BCUT2D eigenvalue weighted by atomic mass is 10.0. The van der Waals surface area contributed by atoms with Crippen molar-refractivity contribution >= 4 is 34.7 Å². The molecule has 2 N–H and O–H groups in total. The minimum Gasteiger partial charge on any atom is -0.463 e. The van der Waals surface area contributed by atoms with Gasteiger partial charge in [0.05, 0.1) is 29.6 Å². The van der Waals surface area contributed by atoms with E-state index in [9.17, 15) is 9.59 Å². The first-order chi connectivity index (χ1) is 16.1. The Balaban J connectivity index is 1.61. The number of amides is 2. The van der Waals surface area contributed by atoms with Crippen LogP contribution in [0.5, 0.6) is 0 Å². The van der Waals surface area contributed by atoms with Crippen LogP contribution < -0.4 is 10.6 Å². The van der Waals surface area contributed by atoms with Crippen molar-refractivity contribution < 1.29 is 18.7 Å². The number of urea groups is 1. The number of hydrogen-bond acceptors (Lipinski definition) is 9. The van der Waals surface area contributed by atoms with E-state index in [4.69, 9.17) is 9.15 Å². The Hall–Kier alpha value is -3.02. The third kappa shape index (κ3) is 5.49. The van der Waals surface area contributed by atoms with Crippen LogP contribution in [-0.4, -0.2) is 46.8 Å². The van der Waals surface area contributed by atoms with Crippen molar-refractivity contribution in [2.75, 3.05) is 19.7 Å². The number of thiophene rings is 2. The minimum atomic E-state index is -0.565. The van der Waals surface area contributed by atoms with Crippen LogP contribution in [0.3, 0.4) is 0 Å². The highest BCUT2D eigenvalue weighted by Crippen LogP contribution is 2.31. The standard InChI is InChI=1S/C22H25N5O4S2/c1-3-9-27(13-17-25-26-20(31-17)16-8-6-11-33-16)12-14-18(21(28)30-4-2)19(24-22(29)23-14)15-7-5-10-32-15/h5-8,10-11,19H,3-4,9,12-13H2,1-2H3,(H2,23,24,29). The highest BCUT2D eigenvalue weighted by molar-refractivity contribution is 7.13. The Labute approximate surface area is 199 Å². The summed E-state index contributed by atoms with van der Waals surface area (Å²) in [6, 6.07) is 6.72. The number of carbonyl (C=O) groups excluding carboxylic acids is 2. The normalized spacial score (nSPS) is 16.1. The van der Waals surface area contributed by atoms with Crippen LogP contribution in [0.1, 0.15) is 37.1 Å². The maximum atomic E-state index is 12.9. The number of nitrogens with zero attached hydrogens (tertiary/aromatic N) is 3. The van der Waals surface area contributed by atoms with Crippen LogP contribution in [-0.2, 0) is 16.1 Å². The average Bonchev–Trinajstić information content (AvgIpc) is 3.55. The fourth-order valence-electron chi connectivity index (χ4n) is 3.62. The number of aromatic nitrogens is 2. The molecule has 0 fully saturated rings. The molecule has 0 aliphatic carbocycles. The monoisotopic (exact) mass is 487 g/mol. The maximum Gasteiger partial charge on any atom is 0.338 e. The minimum absolute atomic E-state index is 0.243. The highest BCUT2D eigenvalue weighted by atomic mass is 32.1. The molecular formula is C22H25N5O4S2. The van der Waals surface area contributed by atoms with Crippen LogP contribution in [0, 0.1) is 0 Å². The average molecular weight is 488 g/mol. The topological polar surface area (TPSA) is 110 Å². The molecule has 3 aromatic rings. The van der Waals surface area contributed by atoms with E-state index in [1.165, 1.54) is 22.7 Å². The number of carbonyl (C=O) groups is 2. The van der Waals surface area contributed by atoms with Gasteiger partial charge in [0, 0.05) is 17.1 Å². The predicted molar refractivity (Wildman–Crippen MR) is 126 cm³/mol. The summed E-state index contributed by atoms with van der Waals surface area (Å²) in [5, 5.41) is 17.9. The zero-order valence-corrected chi connectivity index (χ0v) is 20.0. The third-order valence-corrected chi connectivity index (χ3v) is 6.75. The summed E-state index contributed by atoms with van der Waals surface area (Å²) >= 11 is 3.01. The van der Waals surface area contributed by atoms with Gasteiger partial charge in [-0.15, -0.1) is 32.9 Å². The van der Waals surface area contributed by atoms with Crippen molar-refractivity contribution in [2.45, 2.75) is 32.9 Å². The lowest BCUT2D eigenvalue weighted by Crippen LogP contribution is -2.48. The van der Waals surface area contributed by atoms with Crippen LogP contribution in [0.4, 0.5) is 4.79 Å². The Kier molecular flexibility index (Phi) is 7.53. The SMILES string of the molecule is CCCN(CC1=C(C(=O)OCC)C(c2cccs2)NC(=O)N1)Cc1nnc(-c2cccs2)o1. The molecule has 0 aromatic carbocycles. The Bertz CT molecular complexity index is 1110. The van der Waals surface area contributed by atoms with Crippen LogP contribution in [0.15, 0.2) is 50.7 Å². The quantitative estimate of drug-likeness (QED) is 0.417. The fraction of sp³-hybridized carbons (Fsp3) is 0.364. The third-order valence-electron chi connectivity index (χ3n) is 4.96. The van der Waals surface area contributed by atoms with Gasteiger partial charge in [0.1, 0.15) is 0 Å². The molecule has 33 heavy (non-hydrogen) atoms. The number of hydrogen-bond donors (Lipinski definition) is 2. The Morgan fingerprint density at radius 3 is 2.70 bits per heavy atom. The summed E-state index contributed by atoms with van der Waals surface area (Å²) in [6.07, 6.45) is 0.870. The lowest BCUT2D eigenvalue weighted by molar-refractivity contribution is -0.139. The smallest absolute Gasteiger partial charge is 0.338 e. The van der Waals surface area contributed by atoms with Gasteiger partial charge in [-0.05, 0) is 42.8 Å². The summed E-state index contributed by atoms with van der Waals surface area (Å²) in [4.78, 5) is 29.2. The molecule has 0 bridgehead atoms. The van der Waals surface area contributed by atoms with Crippen molar-refractivity contribution in [3.05, 3.63) is 57.1 Å². The summed E-state index contributed by atoms with van der Waals surface area (Å²) < 4.78 is 11.2. The second-order valence-corrected chi connectivity index (χ2v) is 9.28. The molecule has 0 saturated heterocycles. The van der Waals surface area contributed by atoms with Crippen molar-refractivity contribution in [3.63, 3.8) is 0 Å². The molecule has 2 amide bonds. The second-order valence-electron chi connectivity index (χ2n) is 7.35. The van der Waals surface area contributed by atoms with E-state index in [1.54, 1.807) is 6.92 Å². The molecule has 0 spiro atoms. The van der Waals surface area contributed by atoms with Gasteiger partial charge in [-0.1, -0.05) is 19.1 Å². The molecule has 4 heterocycles. The molecule has 1 unspecified atom stereocenters. The van der Waals surface area contributed by atoms with Gasteiger partial charge < -0.3 is 19.8 Å². The molecule has 174 valence electrons. The van der Waals surface area contributed by atoms with Crippen molar-refractivity contribution in [1.29, 1.82) is 0 Å². The molecule has 1 atom stereocenters. The first-order valence-corrected chi connectivity index (χ1v) is 12.4. The fourth-order valence-corrected chi connectivity index (χ4v) is 5.05. The highest BCUT2D eigenvalue weighted by Gasteiger charge is 2.35.